The first kappa shape index (κ1) is 18.9. The van der Waals surface area contributed by atoms with E-state index < -0.39 is 7.60 Å². The predicted molar refractivity (Wildman–Crippen MR) is 107 cm³/mol. The summed E-state index contributed by atoms with van der Waals surface area (Å²) in [5.74, 6) is 0. The highest BCUT2D eigenvalue weighted by Gasteiger charge is 2.37. The van der Waals surface area contributed by atoms with Gasteiger partial charge in [-0.25, -0.2) is 0 Å². The van der Waals surface area contributed by atoms with Crippen molar-refractivity contribution in [3.63, 3.8) is 0 Å². The molecule has 0 bridgehead atoms. The summed E-state index contributed by atoms with van der Waals surface area (Å²) in [6.07, 6.45) is 3.46. The van der Waals surface area contributed by atoms with Gasteiger partial charge >= 0.3 is 7.60 Å². The smallest absolute Gasteiger partial charge is 0.338 e. The number of aryl methyl sites for hydroxylation is 1. The van der Waals surface area contributed by atoms with Crippen molar-refractivity contribution in [1.82, 2.24) is 4.98 Å². The normalized spacial score (nSPS) is 13.2. The van der Waals surface area contributed by atoms with Crippen LogP contribution in [0.25, 0.3) is 10.9 Å². The summed E-state index contributed by atoms with van der Waals surface area (Å²) in [5, 5.41) is 1.07. The Morgan fingerprint density at radius 1 is 0.962 bits per heavy atom. The lowest BCUT2D eigenvalue weighted by Crippen LogP contribution is -2.08. The van der Waals surface area contributed by atoms with Crippen molar-refractivity contribution in [2.45, 2.75) is 32.3 Å². The molecule has 0 aliphatic rings. The zero-order valence-electron chi connectivity index (χ0n) is 15.4. The first-order valence-electron chi connectivity index (χ1n) is 9.16. The average Bonchev–Trinajstić information content (AvgIpc) is 3.07. The van der Waals surface area contributed by atoms with Gasteiger partial charge in [0.05, 0.1) is 18.9 Å². The maximum Gasteiger partial charge on any atom is 0.338 e. The molecule has 1 aromatic heterocycles. The minimum atomic E-state index is -3.28. The maximum absolute atomic E-state index is 13.6. The number of nitrogens with one attached hydrogen (secondary N) is 1. The van der Waals surface area contributed by atoms with Gasteiger partial charge in [-0.15, -0.1) is 0 Å². The highest BCUT2D eigenvalue weighted by atomic mass is 31.2. The van der Waals surface area contributed by atoms with E-state index in [-0.39, 0.29) is 5.66 Å². The summed E-state index contributed by atoms with van der Waals surface area (Å²) in [7, 11) is -3.28. The van der Waals surface area contributed by atoms with Crippen LogP contribution < -0.4 is 0 Å². The van der Waals surface area contributed by atoms with Gasteiger partial charge in [-0.1, -0.05) is 48.5 Å². The van der Waals surface area contributed by atoms with Crippen LogP contribution in [0, 0.1) is 0 Å². The van der Waals surface area contributed by atoms with E-state index in [1.807, 2.05) is 56.4 Å². The lowest BCUT2D eigenvalue weighted by molar-refractivity contribution is 0.211. The average molecular weight is 371 g/mol. The summed E-state index contributed by atoms with van der Waals surface area (Å²) in [6, 6.07) is 18.3. The highest BCUT2D eigenvalue weighted by Crippen LogP contribution is 2.63. The van der Waals surface area contributed by atoms with Crippen LogP contribution in [0.15, 0.2) is 60.8 Å². The van der Waals surface area contributed by atoms with Gasteiger partial charge in [0.1, 0.15) is 0 Å². The molecule has 138 valence electrons. The van der Waals surface area contributed by atoms with E-state index in [1.54, 1.807) is 0 Å². The SMILES string of the molecule is CCOP(=O)(OCC)C(CCc1ccccc1)c1c[nH]c2ccccc12. The molecular weight excluding hydrogens is 345 g/mol. The molecule has 3 rings (SSSR count). The molecule has 0 aliphatic heterocycles. The summed E-state index contributed by atoms with van der Waals surface area (Å²) < 4.78 is 25.0. The third kappa shape index (κ3) is 4.09. The molecular formula is C21H26NO3P. The van der Waals surface area contributed by atoms with Crippen LogP contribution in [-0.2, 0) is 20.0 Å². The predicted octanol–water partition coefficient (Wildman–Crippen LogP) is 6.11. The Hall–Kier alpha value is -1.87. The summed E-state index contributed by atoms with van der Waals surface area (Å²) in [5.41, 5.74) is 2.95. The van der Waals surface area contributed by atoms with Crippen molar-refractivity contribution in [2.75, 3.05) is 13.2 Å². The van der Waals surface area contributed by atoms with E-state index in [2.05, 4.69) is 23.2 Å². The number of fused-ring (bicyclic) bond motifs is 1. The van der Waals surface area contributed by atoms with Crippen molar-refractivity contribution in [1.29, 1.82) is 0 Å². The molecule has 0 spiro atoms. The third-order valence-electron chi connectivity index (χ3n) is 4.53. The molecule has 1 heterocycles. The Morgan fingerprint density at radius 2 is 1.62 bits per heavy atom. The van der Waals surface area contributed by atoms with Crippen molar-refractivity contribution < 1.29 is 13.6 Å². The number of aromatic nitrogens is 1. The molecule has 1 unspecified atom stereocenters. The second-order valence-corrected chi connectivity index (χ2v) is 8.42. The van der Waals surface area contributed by atoms with E-state index in [1.165, 1.54) is 5.56 Å². The van der Waals surface area contributed by atoms with Crippen LogP contribution in [0.1, 0.15) is 37.1 Å². The van der Waals surface area contributed by atoms with Crippen molar-refractivity contribution in [3.8, 4) is 0 Å². The van der Waals surface area contributed by atoms with Crippen molar-refractivity contribution in [2.24, 2.45) is 0 Å². The van der Waals surface area contributed by atoms with Gasteiger partial charge < -0.3 is 14.0 Å². The van der Waals surface area contributed by atoms with Crippen molar-refractivity contribution >= 4 is 18.5 Å². The largest absolute Gasteiger partial charge is 0.361 e. The number of benzene rings is 2. The zero-order chi connectivity index (χ0) is 18.4. The van der Waals surface area contributed by atoms with Crippen LogP contribution in [0.2, 0.25) is 0 Å². The minimum Gasteiger partial charge on any atom is -0.361 e. The maximum atomic E-state index is 13.6. The Balaban J connectivity index is 1.99. The first-order chi connectivity index (χ1) is 12.7. The second-order valence-electron chi connectivity index (χ2n) is 6.21. The molecule has 3 aromatic rings. The van der Waals surface area contributed by atoms with Gasteiger partial charge in [-0.3, -0.25) is 4.57 Å². The lowest BCUT2D eigenvalue weighted by Gasteiger charge is -2.26. The molecule has 0 radical (unpaired) electrons. The van der Waals surface area contributed by atoms with E-state index in [4.69, 9.17) is 9.05 Å². The molecule has 0 saturated carbocycles. The Morgan fingerprint density at radius 3 is 2.31 bits per heavy atom. The number of para-hydroxylation sites is 1. The molecule has 1 atom stereocenters. The van der Waals surface area contributed by atoms with Crippen LogP contribution in [-0.4, -0.2) is 18.2 Å². The van der Waals surface area contributed by atoms with Gasteiger partial charge in [-0.2, -0.15) is 0 Å². The van der Waals surface area contributed by atoms with Crippen LogP contribution in [0.5, 0.6) is 0 Å². The van der Waals surface area contributed by atoms with Gasteiger partial charge in [0.2, 0.25) is 0 Å². The minimum absolute atomic E-state index is 0.307. The standard InChI is InChI=1S/C21H26NO3P/c1-3-24-26(23,25-4-2)21(15-14-17-10-6-5-7-11-17)19-16-22-20-13-9-8-12-18(19)20/h5-13,16,21-22H,3-4,14-15H2,1-2H3. The molecule has 26 heavy (non-hydrogen) atoms. The Kier molecular flexibility index (Phi) is 6.31. The Bertz CT molecular complexity index is 865. The van der Waals surface area contributed by atoms with Crippen LogP contribution in [0.3, 0.4) is 0 Å². The molecule has 2 aromatic carbocycles. The number of aromatic amines is 1. The zero-order valence-corrected chi connectivity index (χ0v) is 16.2. The number of hydrogen-bond acceptors (Lipinski definition) is 3. The van der Waals surface area contributed by atoms with Gasteiger partial charge in [-0.05, 0) is 43.9 Å². The van der Waals surface area contributed by atoms with E-state index >= 15 is 0 Å². The summed E-state index contributed by atoms with van der Waals surface area (Å²) >= 11 is 0. The molecule has 0 amide bonds. The summed E-state index contributed by atoms with van der Waals surface area (Å²) in [6.45, 7) is 4.44. The van der Waals surface area contributed by atoms with E-state index in [9.17, 15) is 4.57 Å². The molecule has 0 saturated heterocycles. The first-order valence-corrected chi connectivity index (χ1v) is 10.8. The number of H-pyrrole nitrogens is 1. The monoisotopic (exact) mass is 371 g/mol. The molecule has 5 heteroatoms. The molecule has 0 aliphatic carbocycles. The summed E-state index contributed by atoms with van der Waals surface area (Å²) in [4.78, 5) is 3.29. The van der Waals surface area contributed by atoms with Crippen LogP contribution >= 0.6 is 7.60 Å². The second kappa shape index (κ2) is 8.68. The fraction of sp³-hybridized carbons (Fsp3) is 0.333. The van der Waals surface area contributed by atoms with E-state index in [0.717, 1.165) is 22.9 Å². The topological polar surface area (TPSA) is 51.3 Å². The van der Waals surface area contributed by atoms with E-state index in [0.29, 0.717) is 19.6 Å². The number of rotatable bonds is 9. The van der Waals surface area contributed by atoms with Gasteiger partial charge in [0.25, 0.3) is 0 Å². The van der Waals surface area contributed by atoms with Crippen molar-refractivity contribution in [3.05, 3.63) is 71.9 Å². The number of hydrogen-bond donors (Lipinski definition) is 1. The highest BCUT2D eigenvalue weighted by molar-refractivity contribution is 7.54. The van der Waals surface area contributed by atoms with Gasteiger partial charge in [0.15, 0.2) is 0 Å². The molecule has 4 nitrogen and oxygen atoms in total. The quantitative estimate of drug-likeness (QED) is 0.462. The van der Waals surface area contributed by atoms with Gasteiger partial charge in [0, 0.05) is 17.1 Å². The third-order valence-corrected chi connectivity index (χ3v) is 7.07. The Labute approximate surface area is 155 Å². The fourth-order valence-electron chi connectivity index (χ4n) is 3.38. The molecule has 0 fully saturated rings. The molecule has 1 N–H and O–H groups in total. The fourth-order valence-corrected chi connectivity index (χ4v) is 5.53. The lowest BCUT2D eigenvalue weighted by atomic mass is 10.0. The van der Waals surface area contributed by atoms with Crippen LogP contribution in [0.4, 0.5) is 0 Å².